The molecule has 0 spiro atoms. The first kappa shape index (κ1) is 30.2. The van der Waals surface area contributed by atoms with E-state index in [9.17, 15) is 0 Å². The average Bonchev–Trinajstić information content (AvgIpc) is 3.17. The first-order valence-corrected chi connectivity index (χ1v) is 16.0. The van der Waals surface area contributed by atoms with Crippen LogP contribution in [0.3, 0.4) is 0 Å². The molecule has 0 bridgehead atoms. The Morgan fingerprint density at radius 1 is 0.271 bits per heavy atom. The monoisotopic (exact) mass is 615 g/mol. The van der Waals surface area contributed by atoms with E-state index < -0.39 is 0 Å². The van der Waals surface area contributed by atoms with Gasteiger partial charge in [-0.1, -0.05) is 146 Å². The first-order chi connectivity index (χ1) is 23.7. The van der Waals surface area contributed by atoms with Gasteiger partial charge in [-0.15, -0.1) is 0 Å². The molecule has 0 unspecified atom stereocenters. The van der Waals surface area contributed by atoms with Crippen molar-refractivity contribution in [3.05, 3.63) is 198 Å². The molecule has 0 aliphatic heterocycles. The molecule has 0 saturated carbocycles. The van der Waals surface area contributed by atoms with Gasteiger partial charge in [0, 0.05) is 35.3 Å². The minimum atomic E-state index is 0.963. The normalized spacial score (nSPS) is 11.5. The van der Waals surface area contributed by atoms with Crippen LogP contribution < -0.4 is 0 Å². The molecule has 48 heavy (non-hydrogen) atoms. The van der Waals surface area contributed by atoms with Crippen LogP contribution in [0.5, 0.6) is 0 Å². The fraction of sp³-hybridized carbons (Fsp3) is 0. The third-order valence-electron chi connectivity index (χ3n) is 7.97. The summed E-state index contributed by atoms with van der Waals surface area (Å²) in [4.78, 5) is 14.1. The van der Waals surface area contributed by atoms with Gasteiger partial charge in [0.1, 0.15) is 0 Å². The number of rotatable bonds is 9. The fourth-order valence-electron chi connectivity index (χ4n) is 5.42. The van der Waals surface area contributed by atoms with Crippen molar-refractivity contribution in [3.8, 4) is 33.8 Å². The largest absolute Gasteiger partial charge is 0.256 e. The Bertz CT molecular complexity index is 1900. The van der Waals surface area contributed by atoms with Crippen LogP contribution >= 0.6 is 0 Å². The molecule has 0 fully saturated rings. The predicted molar refractivity (Wildman–Crippen MR) is 202 cm³/mol. The highest BCUT2D eigenvalue weighted by molar-refractivity contribution is 5.79. The van der Waals surface area contributed by atoms with Crippen molar-refractivity contribution in [1.82, 2.24) is 15.0 Å². The summed E-state index contributed by atoms with van der Waals surface area (Å²) in [6.45, 7) is 0. The molecule has 228 valence electrons. The third kappa shape index (κ3) is 7.85. The molecule has 0 amide bonds. The van der Waals surface area contributed by atoms with Gasteiger partial charge in [0.15, 0.2) is 0 Å². The van der Waals surface area contributed by atoms with Crippen molar-refractivity contribution >= 4 is 36.5 Å². The lowest BCUT2D eigenvalue weighted by atomic mass is 10.0. The van der Waals surface area contributed by atoms with Gasteiger partial charge in [-0.3, -0.25) is 15.0 Å². The van der Waals surface area contributed by atoms with Gasteiger partial charge >= 0.3 is 0 Å². The van der Waals surface area contributed by atoms with Crippen LogP contribution in [0.25, 0.3) is 70.2 Å². The Labute approximate surface area is 282 Å². The Kier molecular flexibility index (Phi) is 9.29. The fourth-order valence-corrected chi connectivity index (χ4v) is 5.42. The highest BCUT2D eigenvalue weighted by Crippen LogP contribution is 2.22. The van der Waals surface area contributed by atoms with E-state index >= 15 is 0 Å². The number of hydrogen-bond acceptors (Lipinski definition) is 3. The van der Waals surface area contributed by atoms with E-state index in [1.54, 1.807) is 0 Å². The molecule has 0 N–H and O–H groups in total. The molecule has 3 heterocycles. The molecule has 4 aromatic carbocycles. The molecular weight excluding hydrogens is 583 g/mol. The predicted octanol–water partition coefficient (Wildman–Crippen LogP) is 11.4. The molecule has 7 aromatic rings. The summed E-state index contributed by atoms with van der Waals surface area (Å²) in [5.74, 6) is 0. The van der Waals surface area contributed by atoms with Crippen molar-refractivity contribution in [2.24, 2.45) is 0 Å². The number of benzene rings is 4. The summed E-state index contributed by atoms with van der Waals surface area (Å²) in [6.07, 6.45) is 18.5. The quantitative estimate of drug-likeness (QED) is 0.162. The second-order valence-electron chi connectivity index (χ2n) is 11.5. The van der Waals surface area contributed by atoms with Gasteiger partial charge in [-0.25, -0.2) is 0 Å². The number of hydrogen-bond donors (Lipinski definition) is 0. The minimum absolute atomic E-state index is 0.963. The summed E-state index contributed by atoms with van der Waals surface area (Å²) in [5, 5.41) is 0. The first-order valence-electron chi connectivity index (χ1n) is 16.0. The van der Waals surface area contributed by atoms with Crippen LogP contribution in [0.15, 0.2) is 164 Å². The van der Waals surface area contributed by atoms with E-state index in [2.05, 4.69) is 142 Å². The summed E-state index contributed by atoms with van der Waals surface area (Å²) in [6, 6.07) is 49.8. The van der Waals surface area contributed by atoms with E-state index in [0.717, 1.165) is 67.2 Å². The molecule has 0 radical (unpaired) electrons. The Balaban J connectivity index is 1.14. The lowest BCUT2D eigenvalue weighted by Crippen LogP contribution is -1.85. The lowest BCUT2D eigenvalue weighted by Gasteiger charge is -2.04. The SMILES string of the molecule is C(=C/c1cc(/C=C\c2ccc(-c3ccccc3)nc2)cc(/C=C\c2ccc(-c3ccccc3)nc2)c1)/c1ccc(-c2ccccc2)nc1. The molecule has 0 aliphatic rings. The maximum Gasteiger partial charge on any atom is 0.0702 e. The van der Waals surface area contributed by atoms with E-state index in [1.165, 1.54) is 0 Å². The van der Waals surface area contributed by atoms with E-state index in [1.807, 2.05) is 73.2 Å². The van der Waals surface area contributed by atoms with Gasteiger partial charge in [0.25, 0.3) is 0 Å². The summed E-state index contributed by atoms with van der Waals surface area (Å²) in [7, 11) is 0. The maximum absolute atomic E-state index is 4.69. The zero-order valence-corrected chi connectivity index (χ0v) is 26.4. The second-order valence-corrected chi connectivity index (χ2v) is 11.5. The Morgan fingerprint density at radius 2 is 0.542 bits per heavy atom. The Morgan fingerprint density at radius 3 is 0.792 bits per heavy atom. The van der Waals surface area contributed by atoms with E-state index in [0.29, 0.717) is 0 Å². The molecule has 3 heteroatoms. The van der Waals surface area contributed by atoms with Gasteiger partial charge in [-0.05, 0) is 69.8 Å². The van der Waals surface area contributed by atoms with Crippen LogP contribution in [0.1, 0.15) is 33.4 Å². The van der Waals surface area contributed by atoms with Crippen LogP contribution in [0, 0.1) is 0 Å². The topological polar surface area (TPSA) is 38.7 Å². The van der Waals surface area contributed by atoms with Crippen LogP contribution in [-0.2, 0) is 0 Å². The number of aromatic nitrogens is 3. The second kappa shape index (κ2) is 14.8. The summed E-state index contributed by atoms with van der Waals surface area (Å²) >= 11 is 0. The molecule has 7 rings (SSSR count). The van der Waals surface area contributed by atoms with Crippen LogP contribution in [-0.4, -0.2) is 15.0 Å². The third-order valence-corrected chi connectivity index (χ3v) is 7.97. The highest BCUT2D eigenvalue weighted by Gasteiger charge is 2.02. The van der Waals surface area contributed by atoms with Crippen molar-refractivity contribution in [1.29, 1.82) is 0 Å². The van der Waals surface area contributed by atoms with Gasteiger partial charge in [-0.2, -0.15) is 0 Å². The van der Waals surface area contributed by atoms with Gasteiger partial charge < -0.3 is 0 Å². The standard InChI is InChI=1S/C45H33N3/c1-4-10-40(11-5-1)43-25-22-34(31-46-43)16-19-37-28-38(20-17-35-23-26-44(47-32-35)41-12-6-2-7-13-41)30-39(29-37)21-18-36-24-27-45(48-33-36)42-14-8-3-9-15-42/h1-33H/b19-16-,20-17-,21-18-. The molecule has 3 nitrogen and oxygen atoms in total. The zero-order valence-electron chi connectivity index (χ0n) is 26.4. The van der Waals surface area contributed by atoms with Crippen molar-refractivity contribution in [2.75, 3.05) is 0 Å². The lowest BCUT2D eigenvalue weighted by molar-refractivity contribution is 1.31. The molecule has 0 saturated heterocycles. The number of nitrogens with zero attached hydrogens (tertiary/aromatic N) is 3. The van der Waals surface area contributed by atoms with Gasteiger partial charge in [0.05, 0.1) is 17.1 Å². The van der Waals surface area contributed by atoms with E-state index in [-0.39, 0.29) is 0 Å². The molecule has 0 aliphatic carbocycles. The number of pyridine rings is 3. The maximum atomic E-state index is 4.69. The van der Waals surface area contributed by atoms with E-state index in [4.69, 9.17) is 0 Å². The smallest absolute Gasteiger partial charge is 0.0702 e. The molecular formula is C45H33N3. The van der Waals surface area contributed by atoms with Crippen molar-refractivity contribution < 1.29 is 0 Å². The minimum Gasteiger partial charge on any atom is -0.256 e. The molecule has 3 aromatic heterocycles. The van der Waals surface area contributed by atoms with Crippen LogP contribution in [0.2, 0.25) is 0 Å². The molecule has 0 atom stereocenters. The average molecular weight is 616 g/mol. The summed E-state index contributed by atoms with van der Waals surface area (Å²) < 4.78 is 0. The Hall–Kier alpha value is -6.45. The zero-order chi connectivity index (χ0) is 32.4. The summed E-state index contributed by atoms with van der Waals surface area (Å²) in [5.41, 5.74) is 12.6. The van der Waals surface area contributed by atoms with Crippen molar-refractivity contribution in [3.63, 3.8) is 0 Å². The van der Waals surface area contributed by atoms with Crippen LogP contribution in [0.4, 0.5) is 0 Å². The highest BCUT2D eigenvalue weighted by atomic mass is 14.7. The van der Waals surface area contributed by atoms with Crippen molar-refractivity contribution in [2.45, 2.75) is 0 Å². The van der Waals surface area contributed by atoms with Gasteiger partial charge in [0.2, 0.25) is 0 Å².